The first-order valence-corrected chi connectivity index (χ1v) is 7.34. The number of nitrogens with one attached hydrogen (secondary N) is 1. The van der Waals surface area contributed by atoms with E-state index in [1.54, 1.807) is 43.3 Å². The average molecular weight is 277 g/mol. The largest absolute Gasteiger partial charge is 0.508 e. The van der Waals surface area contributed by atoms with E-state index < -0.39 is 16.1 Å². The number of aromatic hydroxyl groups is 1. The van der Waals surface area contributed by atoms with Crippen molar-refractivity contribution in [3.05, 3.63) is 60.2 Å². The predicted octanol–water partition coefficient (Wildman–Crippen LogP) is 2.43. The average Bonchev–Trinajstić information content (AvgIpc) is 2.39. The van der Waals surface area contributed by atoms with Crippen LogP contribution in [0.25, 0.3) is 0 Å². The van der Waals surface area contributed by atoms with Crippen LogP contribution in [0.5, 0.6) is 5.75 Å². The lowest BCUT2D eigenvalue weighted by atomic mass is 10.1. The Morgan fingerprint density at radius 2 is 1.74 bits per heavy atom. The molecule has 0 spiro atoms. The molecule has 0 amide bonds. The van der Waals surface area contributed by atoms with Gasteiger partial charge in [0.05, 0.1) is 4.90 Å². The minimum absolute atomic E-state index is 0.114. The van der Waals surface area contributed by atoms with Gasteiger partial charge in [-0.25, -0.2) is 13.1 Å². The molecule has 2 rings (SSSR count). The summed E-state index contributed by atoms with van der Waals surface area (Å²) < 4.78 is 26.8. The summed E-state index contributed by atoms with van der Waals surface area (Å²) in [4.78, 5) is 0.224. The summed E-state index contributed by atoms with van der Waals surface area (Å²) in [7, 11) is -3.55. The van der Waals surface area contributed by atoms with Gasteiger partial charge in [-0.3, -0.25) is 0 Å². The van der Waals surface area contributed by atoms with Crippen LogP contribution >= 0.6 is 0 Å². The van der Waals surface area contributed by atoms with Gasteiger partial charge >= 0.3 is 0 Å². The van der Waals surface area contributed by atoms with Crippen LogP contribution in [0, 0.1) is 0 Å². The van der Waals surface area contributed by atoms with Crippen LogP contribution in [0.15, 0.2) is 59.5 Å². The molecular formula is C14H15NO3S. The standard InChI is InChI=1S/C14H15NO3S/c1-11(12-6-5-7-13(16)10-12)15-19(17,18)14-8-3-2-4-9-14/h2-11,15-16H,1H3. The molecule has 0 aliphatic heterocycles. The lowest BCUT2D eigenvalue weighted by molar-refractivity contribution is 0.473. The van der Waals surface area contributed by atoms with Crippen LogP contribution < -0.4 is 4.72 Å². The summed E-state index contributed by atoms with van der Waals surface area (Å²) in [6, 6.07) is 14.3. The molecule has 0 aliphatic rings. The van der Waals surface area contributed by atoms with E-state index in [-0.39, 0.29) is 10.6 Å². The Kier molecular flexibility index (Phi) is 3.87. The van der Waals surface area contributed by atoms with Gasteiger partial charge in [0.1, 0.15) is 5.75 Å². The van der Waals surface area contributed by atoms with Gasteiger partial charge < -0.3 is 5.11 Å². The zero-order valence-corrected chi connectivity index (χ0v) is 11.3. The Bertz CT molecular complexity index is 653. The van der Waals surface area contributed by atoms with Crippen LogP contribution in [0.2, 0.25) is 0 Å². The highest BCUT2D eigenvalue weighted by Gasteiger charge is 2.17. The topological polar surface area (TPSA) is 66.4 Å². The van der Waals surface area contributed by atoms with E-state index in [0.29, 0.717) is 5.56 Å². The summed E-state index contributed by atoms with van der Waals surface area (Å²) in [6.07, 6.45) is 0. The van der Waals surface area contributed by atoms with E-state index in [9.17, 15) is 13.5 Å². The van der Waals surface area contributed by atoms with E-state index >= 15 is 0 Å². The second-order valence-electron chi connectivity index (χ2n) is 4.25. The van der Waals surface area contributed by atoms with E-state index in [4.69, 9.17) is 0 Å². The van der Waals surface area contributed by atoms with Crippen molar-refractivity contribution in [1.82, 2.24) is 4.72 Å². The van der Waals surface area contributed by atoms with Gasteiger partial charge in [-0.05, 0) is 36.8 Å². The summed E-state index contributed by atoms with van der Waals surface area (Å²) in [6.45, 7) is 1.73. The van der Waals surface area contributed by atoms with E-state index in [0.717, 1.165) is 0 Å². The SMILES string of the molecule is CC(NS(=O)(=O)c1ccccc1)c1cccc(O)c1. The number of sulfonamides is 1. The van der Waals surface area contributed by atoms with E-state index in [1.165, 1.54) is 18.2 Å². The highest BCUT2D eigenvalue weighted by atomic mass is 32.2. The minimum Gasteiger partial charge on any atom is -0.508 e. The number of hydrogen-bond donors (Lipinski definition) is 2. The Balaban J connectivity index is 2.22. The fourth-order valence-electron chi connectivity index (χ4n) is 1.76. The van der Waals surface area contributed by atoms with Crippen molar-refractivity contribution in [2.24, 2.45) is 0 Å². The molecule has 2 aromatic rings. The zero-order chi connectivity index (χ0) is 13.9. The van der Waals surface area contributed by atoms with Crippen LogP contribution in [-0.2, 0) is 10.0 Å². The first-order valence-electron chi connectivity index (χ1n) is 5.85. The van der Waals surface area contributed by atoms with Crippen LogP contribution in [-0.4, -0.2) is 13.5 Å². The Morgan fingerprint density at radius 3 is 2.37 bits per heavy atom. The third kappa shape index (κ3) is 3.33. The van der Waals surface area contributed by atoms with Crippen molar-refractivity contribution in [2.45, 2.75) is 17.9 Å². The molecule has 0 bridgehead atoms. The molecule has 0 aromatic heterocycles. The molecule has 0 aliphatic carbocycles. The molecule has 5 heteroatoms. The van der Waals surface area contributed by atoms with Gasteiger partial charge in [-0.2, -0.15) is 0 Å². The Morgan fingerprint density at radius 1 is 1.05 bits per heavy atom. The molecule has 100 valence electrons. The fourth-order valence-corrected chi connectivity index (χ4v) is 3.02. The Hall–Kier alpha value is -1.85. The van der Waals surface area contributed by atoms with Gasteiger partial charge in [0.15, 0.2) is 0 Å². The molecular weight excluding hydrogens is 262 g/mol. The molecule has 0 heterocycles. The maximum absolute atomic E-state index is 12.1. The number of rotatable bonds is 4. The third-order valence-electron chi connectivity index (χ3n) is 2.76. The quantitative estimate of drug-likeness (QED) is 0.902. The van der Waals surface area contributed by atoms with Crippen molar-refractivity contribution < 1.29 is 13.5 Å². The van der Waals surface area contributed by atoms with Crippen molar-refractivity contribution in [1.29, 1.82) is 0 Å². The highest BCUT2D eigenvalue weighted by Crippen LogP contribution is 2.20. The molecule has 2 aromatic carbocycles. The highest BCUT2D eigenvalue weighted by molar-refractivity contribution is 7.89. The monoisotopic (exact) mass is 277 g/mol. The first kappa shape index (κ1) is 13.6. The molecule has 0 saturated heterocycles. The number of hydrogen-bond acceptors (Lipinski definition) is 3. The van der Waals surface area contributed by atoms with Crippen molar-refractivity contribution in [3.8, 4) is 5.75 Å². The fraction of sp³-hybridized carbons (Fsp3) is 0.143. The number of phenolic OH excluding ortho intramolecular Hbond substituents is 1. The van der Waals surface area contributed by atoms with Gasteiger partial charge in [-0.1, -0.05) is 30.3 Å². The smallest absolute Gasteiger partial charge is 0.241 e. The maximum Gasteiger partial charge on any atom is 0.241 e. The van der Waals surface area contributed by atoms with Crippen LogP contribution in [0.3, 0.4) is 0 Å². The zero-order valence-electron chi connectivity index (χ0n) is 10.4. The molecule has 1 atom stereocenters. The third-order valence-corrected chi connectivity index (χ3v) is 4.31. The number of benzene rings is 2. The molecule has 2 N–H and O–H groups in total. The van der Waals surface area contributed by atoms with Crippen LogP contribution in [0.1, 0.15) is 18.5 Å². The van der Waals surface area contributed by atoms with Crippen LogP contribution in [0.4, 0.5) is 0 Å². The molecule has 0 saturated carbocycles. The maximum atomic E-state index is 12.1. The second-order valence-corrected chi connectivity index (χ2v) is 5.96. The van der Waals surface area contributed by atoms with Gasteiger partial charge in [0.2, 0.25) is 10.0 Å². The Labute approximate surface area is 112 Å². The van der Waals surface area contributed by atoms with Crippen molar-refractivity contribution in [3.63, 3.8) is 0 Å². The summed E-state index contributed by atoms with van der Waals surface area (Å²) in [5, 5.41) is 9.40. The summed E-state index contributed by atoms with van der Waals surface area (Å²) in [5.41, 5.74) is 0.708. The normalized spacial score (nSPS) is 13.1. The number of phenols is 1. The van der Waals surface area contributed by atoms with Gasteiger partial charge in [-0.15, -0.1) is 0 Å². The molecule has 0 fully saturated rings. The summed E-state index contributed by atoms with van der Waals surface area (Å²) in [5.74, 6) is 0.114. The predicted molar refractivity (Wildman–Crippen MR) is 73.3 cm³/mol. The van der Waals surface area contributed by atoms with E-state index in [1.807, 2.05) is 0 Å². The second kappa shape index (κ2) is 5.42. The lowest BCUT2D eigenvalue weighted by Gasteiger charge is -2.14. The van der Waals surface area contributed by atoms with E-state index in [2.05, 4.69) is 4.72 Å². The first-order chi connectivity index (χ1) is 8.99. The van der Waals surface area contributed by atoms with Crippen molar-refractivity contribution >= 4 is 10.0 Å². The molecule has 19 heavy (non-hydrogen) atoms. The van der Waals surface area contributed by atoms with Gasteiger partial charge in [0, 0.05) is 6.04 Å². The minimum atomic E-state index is -3.55. The molecule has 0 radical (unpaired) electrons. The lowest BCUT2D eigenvalue weighted by Crippen LogP contribution is -2.26. The van der Waals surface area contributed by atoms with Gasteiger partial charge in [0.25, 0.3) is 0 Å². The summed E-state index contributed by atoms with van der Waals surface area (Å²) >= 11 is 0. The molecule has 4 nitrogen and oxygen atoms in total. The van der Waals surface area contributed by atoms with Crippen molar-refractivity contribution in [2.75, 3.05) is 0 Å². The molecule has 1 unspecified atom stereocenters.